The monoisotopic (exact) mass is 247 g/mol. The third kappa shape index (κ3) is 3.23. The van der Waals surface area contributed by atoms with Crippen molar-refractivity contribution >= 4 is 5.96 Å². The van der Waals surface area contributed by atoms with E-state index in [1.165, 1.54) is 11.1 Å². The number of nitrogens with zero attached hydrogens (tertiary/aromatic N) is 1. The Labute approximate surface area is 108 Å². The highest BCUT2D eigenvalue weighted by Crippen LogP contribution is 2.41. The molecule has 0 heterocycles. The molecule has 18 heavy (non-hydrogen) atoms. The number of aliphatic imine (C=N–C) groups is 1. The zero-order valence-electron chi connectivity index (χ0n) is 11.0. The zero-order chi connectivity index (χ0) is 13.0. The van der Waals surface area contributed by atoms with Gasteiger partial charge in [0.2, 0.25) is 0 Å². The smallest absolute Gasteiger partial charge is 0.188 e. The predicted molar refractivity (Wildman–Crippen MR) is 73.8 cm³/mol. The summed E-state index contributed by atoms with van der Waals surface area (Å²) in [5.74, 6) is 1.09. The van der Waals surface area contributed by atoms with Gasteiger partial charge in [-0.05, 0) is 24.5 Å². The predicted octanol–water partition coefficient (Wildman–Crippen LogP) is 1.40. The summed E-state index contributed by atoms with van der Waals surface area (Å²) >= 11 is 0. The second-order valence-electron chi connectivity index (χ2n) is 4.71. The van der Waals surface area contributed by atoms with E-state index in [0.29, 0.717) is 31.1 Å². The quantitative estimate of drug-likeness (QED) is 0.470. The molecule has 0 amide bonds. The molecule has 1 saturated carbocycles. The largest absolute Gasteiger partial charge is 0.383 e. The second kappa shape index (κ2) is 5.87. The SMILES string of the molecule is COCCN=C(N)NC1CC1c1ccccc1C. The van der Waals surface area contributed by atoms with E-state index >= 15 is 0 Å². The molecule has 0 aliphatic heterocycles. The van der Waals surface area contributed by atoms with Crippen molar-refractivity contribution in [1.29, 1.82) is 0 Å². The standard InChI is InChI=1S/C14H21N3O/c1-10-5-3-4-6-11(10)12-9-13(12)17-14(15)16-7-8-18-2/h3-6,12-13H,7-9H2,1-2H3,(H3,15,16,17). The van der Waals surface area contributed by atoms with E-state index in [1.54, 1.807) is 7.11 Å². The minimum absolute atomic E-state index is 0.428. The van der Waals surface area contributed by atoms with E-state index in [-0.39, 0.29) is 0 Å². The lowest BCUT2D eigenvalue weighted by Gasteiger charge is -2.07. The highest BCUT2D eigenvalue weighted by molar-refractivity contribution is 5.78. The molecule has 0 spiro atoms. The molecular weight excluding hydrogens is 226 g/mol. The zero-order valence-corrected chi connectivity index (χ0v) is 11.0. The summed E-state index contributed by atoms with van der Waals surface area (Å²) in [6.45, 7) is 3.37. The van der Waals surface area contributed by atoms with E-state index in [0.717, 1.165) is 6.42 Å². The number of nitrogens with two attached hydrogens (primary N) is 1. The number of rotatable bonds is 5. The number of hydrogen-bond acceptors (Lipinski definition) is 2. The van der Waals surface area contributed by atoms with Gasteiger partial charge in [0.1, 0.15) is 0 Å². The average molecular weight is 247 g/mol. The van der Waals surface area contributed by atoms with Crippen LogP contribution >= 0.6 is 0 Å². The Balaban J connectivity index is 1.85. The van der Waals surface area contributed by atoms with Gasteiger partial charge in [0.15, 0.2) is 5.96 Å². The van der Waals surface area contributed by atoms with Gasteiger partial charge >= 0.3 is 0 Å². The van der Waals surface area contributed by atoms with Crippen molar-refractivity contribution in [2.45, 2.75) is 25.3 Å². The normalized spacial score (nSPS) is 22.9. The molecule has 0 radical (unpaired) electrons. The van der Waals surface area contributed by atoms with Crippen molar-refractivity contribution in [3.8, 4) is 0 Å². The maximum absolute atomic E-state index is 5.82. The number of methoxy groups -OCH3 is 1. The van der Waals surface area contributed by atoms with Crippen LogP contribution < -0.4 is 11.1 Å². The van der Waals surface area contributed by atoms with Gasteiger partial charge in [0, 0.05) is 19.1 Å². The van der Waals surface area contributed by atoms with Crippen LogP contribution in [0.5, 0.6) is 0 Å². The summed E-state index contributed by atoms with van der Waals surface area (Å²) in [7, 11) is 1.66. The molecule has 4 heteroatoms. The number of hydrogen-bond donors (Lipinski definition) is 2. The van der Waals surface area contributed by atoms with Crippen LogP contribution in [0.3, 0.4) is 0 Å². The van der Waals surface area contributed by atoms with Gasteiger partial charge < -0.3 is 15.8 Å². The van der Waals surface area contributed by atoms with Gasteiger partial charge in [-0.15, -0.1) is 0 Å². The third-order valence-corrected chi connectivity index (χ3v) is 3.29. The van der Waals surface area contributed by atoms with Crippen LogP contribution in [0.1, 0.15) is 23.5 Å². The Morgan fingerprint density at radius 3 is 3.00 bits per heavy atom. The molecule has 0 aromatic heterocycles. The molecule has 2 rings (SSSR count). The second-order valence-corrected chi connectivity index (χ2v) is 4.71. The lowest BCUT2D eigenvalue weighted by atomic mass is 10.0. The molecule has 4 nitrogen and oxygen atoms in total. The van der Waals surface area contributed by atoms with Crippen LogP contribution in [0.4, 0.5) is 0 Å². The Morgan fingerprint density at radius 2 is 2.28 bits per heavy atom. The van der Waals surface area contributed by atoms with Crippen molar-refractivity contribution < 1.29 is 4.74 Å². The Kier molecular flexibility index (Phi) is 4.20. The molecule has 0 saturated heterocycles. The highest BCUT2D eigenvalue weighted by Gasteiger charge is 2.39. The molecule has 1 aromatic rings. The molecule has 3 N–H and O–H groups in total. The summed E-state index contributed by atoms with van der Waals surface area (Å²) in [5.41, 5.74) is 8.58. The van der Waals surface area contributed by atoms with Crippen molar-refractivity contribution in [2.75, 3.05) is 20.3 Å². The number of guanidine groups is 1. The average Bonchev–Trinajstić information content (AvgIpc) is 3.09. The van der Waals surface area contributed by atoms with Gasteiger partial charge in [-0.3, -0.25) is 4.99 Å². The summed E-state index contributed by atoms with van der Waals surface area (Å²) in [5, 5.41) is 3.26. The molecular formula is C14H21N3O. The molecule has 1 aromatic carbocycles. The highest BCUT2D eigenvalue weighted by atomic mass is 16.5. The first-order valence-corrected chi connectivity index (χ1v) is 6.33. The number of benzene rings is 1. The van der Waals surface area contributed by atoms with Crippen LogP contribution in [0.2, 0.25) is 0 Å². The van der Waals surface area contributed by atoms with Crippen LogP contribution in [0.25, 0.3) is 0 Å². The first-order valence-electron chi connectivity index (χ1n) is 6.33. The molecule has 98 valence electrons. The summed E-state index contributed by atoms with van der Waals surface area (Å²) < 4.78 is 4.93. The molecule has 1 aliphatic rings. The van der Waals surface area contributed by atoms with Crippen molar-refractivity contribution in [3.63, 3.8) is 0 Å². The minimum atomic E-state index is 0.428. The summed E-state index contributed by atoms with van der Waals surface area (Å²) in [4.78, 5) is 4.20. The number of ether oxygens (including phenoxy) is 1. The Morgan fingerprint density at radius 1 is 1.50 bits per heavy atom. The van der Waals surface area contributed by atoms with Crippen LogP contribution in [-0.2, 0) is 4.74 Å². The lowest BCUT2D eigenvalue weighted by molar-refractivity contribution is 0.208. The van der Waals surface area contributed by atoms with Gasteiger partial charge in [-0.1, -0.05) is 24.3 Å². The molecule has 1 fully saturated rings. The number of nitrogens with one attached hydrogen (secondary N) is 1. The lowest BCUT2D eigenvalue weighted by Crippen LogP contribution is -2.34. The van der Waals surface area contributed by atoms with Crippen molar-refractivity contribution in [1.82, 2.24) is 5.32 Å². The van der Waals surface area contributed by atoms with Gasteiger partial charge in [-0.25, -0.2) is 0 Å². The summed E-state index contributed by atoms with van der Waals surface area (Å²) in [6.07, 6.45) is 1.13. The van der Waals surface area contributed by atoms with Crippen LogP contribution in [0.15, 0.2) is 29.3 Å². The maximum Gasteiger partial charge on any atom is 0.188 e. The van der Waals surface area contributed by atoms with E-state index in [2.05, 4.69) is 41.5 Å². The fourth-order valence-electron chi connectivity index (χ4n) is 2.19. The van der Waals surface area contributed by atoms with Crippen molar-refractivity contribution in [2.24, 2.45) is 10.7 Å². The van der Waals surface area contributed by atoms with Gasteiger partial charge in [0.25, 0.3) is 0 Å². The number of aryl methyl sites for hydroxylation is 1. The third-order valence-electron chi connectivity index (χ3n) is 3.29. The molecule has 1 aliphatic carbocycles. The Bertz CT molecular complexity index is 431. The van der Waals surface area contributed by atoms with Crippen LogP contribution in [0, 0.1) is 6.92 Å². The molecule has 2 unspecified atom stereocenters. The van der Waals surface area contributed by atoms with Gasteiger partial charge in [0.05, 0.1) is 13.2 Å². The van der Waals surface area contributed by atoms with Gasteiger partial charge in [-0.2, -0.15) is 0 Å². The minimum Gasteiger partial charge on any atom is -0.383 e. The van der Waals surface area contributed by atoms with Crippen LogP contribution in [-0.4, -0.2) is 32.3 Å². The van der Waals surface area contributed by atoms with Crippen molar-refractivity contribution in [3.05, 3.63) is 35.4 Å². The Hall–Kier alpha value is -1.55. The fourth-order valence-corrected chi connectivity index (χ4v) is 2.19. The first kappa shape index (κ1) is 12.9. The summed E-state index contributed by atoms with van der Waals surface area (Å²) in [6, 6.07) is 8.94. The maximum atomic E-state index is 5.82. The van der Waals surface area contributed by atoms with E-state index < -0.39 is 0 Å². The van der Waals surface area contributed by atoms with E-state index in [1.807, 2.05) is 0 Å². The molecule has 2 atom stereocenters. The first-order chi connectivity index (χ1) is 8.72. The van der Waals surface area contributed by atoms with E-state index in [9.17, 15) is 0 Å². The van der Waals surface area contributed by atoms with E-state index in [4.69, 9.17) is 10.5 Å². The molecule has 0 bridgehead atoms. The fraction of sp³-hybridized carbons (Fsp3) is 0.500. The topological polar surface area (TPSA) is 59.6 Å².